The molecule has 0 saturated heterocycles. The van der Waals surface area contributed by atoms with Crippen molar-refractivity contribution < 1.29 is 27.9 Å². The van der Waals surface area contributed by atoms with E-state index in [0.717, 1.165) is 10.5 Å². The highest BCUT2D eigenvalue weighted by Crippen LogP contribution is 2.34. The first-order valence-corrected chi connectivity index (χ1v) is 14.3. The molecule has 12 nitrogen and oxygen atoms in total. The van der Waals surface area contributed by atoms with Crippen molar-refractivity contribution in [3.8, 4) is 11.3 Å². The number of hydrogen-bond donors (Lipinski definition) is 2. The molecule has 0 aliphatic carbocycles. The van der Waals surface area contributed by atoms with E-state index in [1.165, 1.54) is 42.7 Å². The molecule has 0 spiro atoms. The molecule has 4 rings (SSSR count). The van der Waals surface area contributed by atoms with Gasteiger partial charge in [-0.1, -0.05) is 36.4 Å². The molecule has 1 amide bonds. The highest BCUT2D eigenvalue weighted by atomic mass is 32.2. The van der Waals surface area contributed by atoms with Crippen LogP contribution in [0.1, 0.15) is 32.2 Å². The monoisotopic (exact) mass is 590 g/mol. The van der Waals surface area contributed by atoms with E-state index in [1.54, 1.807) is 32.9 Å². The molecule has 4 aromatic rings. The Labute approximate surface area is 243 Å². The molecule has 13 heteroatoms. The van der Waals surface area contributed by atoms with Gasteiger partial charge in [0, 0.05) is 24.4 Å². The summed E-state index contributed by atoms with van der Waals surface area (Å²) < 4.78 is 33.5. The van der Waals surface area contributed by atoms with Gasteiger partial charge in [-0.2, -0.15) is 10.2 Å². The SMILES string of the molecule is CC(C)(C)OC(=O)N(CC(=O)O)c1cccc(C(N)(Cc2ccc(-c3ccccc3)nn2)S(=O)(=O)c2cccnc2)n1. The summed E-state index contributed by atoms with van der Waals surface area (Å²) in [5.41, 5.74) is 7.34. The smallest absolute Gasteiger partial charge is 0.416 e. The molecule has 0 radical (unpaired) electrons. The summed E-state index contributed by atoms with van der Waals surface area (Å²) in [5, 5.41) is 18.0. The lowest BCUT2D eigenvalue weighted by molar-refractivity contribution is -0.135. The zero-order valence-electron chi connectivity index (χ0n) is 23.2. The predicted molar refractivity (Wildman–Crippen MR) is 154 cm³/mol. The number of amides is 1. The van der Waals surface area contributed by atoms with Gasteiger partial charge in [0.1, 0.15) is 18.0 Å². The van der Waals surface area contributed by atoms with Crippen molar-refractivity contribution in [3.05, 3.63) is 96.6 Å². The molecule has 3 N–H and O–H groups in total. The Bertz CT molecular complexity index is 1660. The Hall–Kier alpha value is -4.75. The van der Waals surface area contributed by atoms with Crippen molar-refractivity contribution in [2.45, 2.75) is 42.6 Å². The number of hydrogen-bond acceptors (Lipinski definition) is 10. The van der Waals surface area contributed by atoms with Crippen molar-refractivity contribution in [1.29, 1.82) is 0 Å². The fraction of sp³-hybridized carbons (Fsp3) is 0.241. The Morgan fingerprint density at radius 1 is 0.952 bits per heavy atom. The average Bonchev–Trinajstić information content (AvgIpc) is 2.96. The van der Waals surface area contributed by atoms with Crippen LogP contribution in [-0.2, 0) is 30.7 Å². The van der Waals surface area contributed by atoms with E-state index in [0.29, 0.717) is 5.69 Å². The number of aliphatic carboxylic acids is 1. The van der Waals surface area contributed by atoms with E-state index in [-0.39, 0.29) is 28.5 Å². The van der Waals surface area contributed by atoms with Gasteiger partial charge in [-0.15, -0.1) is 0 Å². The average molecular weight is 591 g/mol. The minimum absolute atomic E-state index is 0.156. The van der Waals surface area contributed by atoms with Crippen LogP contribution in [-0.4, -0.2) is 57.9 Å². The van der Waals surface area contributed by atoms with Crippen LogP contribution >= 0.6 is 0 Å². The number of carboxylic acid groups (broad SMARTS) is 1. The maximum absolute atomic E-state index is 14.1. The molecule has 0 saturated carbocycles. The summed E-state index contributed by atoms with van der Waals surface area (Å²) >= 11 is 0. The number of carbonyl (C=O) groups is 2. The van der Waals surface area contributed by atoms with E-state index in [4.69, 9.17) is 10.5 Å². The Balaban J connectivity index is 1.81. The van der Waals surface area contributed by atoms with Gasteiger partial charge >= 0.3 is 12.1 Å². The first-order valence-electron chi connectivity index (χ1n) is 12.8. The number of sulfone groups is 1. The minimum Gasteiger partial charge on any atom is -0.480 e. The lowest BCUT2D eigenvalue weighted by atomic mass is 10.1. The maximum atomic E-state index is 14.1. The number of nitrogens with two attached hydrogens (primary N) is 1. The van der Waals surface area contributed by atoms with Crippen LogP contribution in [0.3, 0.4) is 0 Å². The van der Waals surface area contributed by atoms with E-state index in [1.807, 2.05) is 30.3 Å². The molecule has 218 valence electrons. The molecule has 0 aliphatic rings. The fourth-order valence-corrected chi connectivity index (χ4v) is 5.63. The summed E-state index contributed by atoms with van der Waals surface area (Å²) in [6.07, 6.45) is 1.26. The quantitative estimate of drug-likeness (QED) is 0.291. The highest BCUT2D eigenvalue weighted by Gasteiger charge is 2.45. The van der Waals surface area contributed by atoms with Crippen LogP contribution in [0.15, 0.2) is 90.1 Å². The van der Waals surface area contributed by atoms with E-state index >= 15 is 0 Å². The lowest BCUT2D eigenvalue weighted by Crippen LogP contribution is -2.48. The van der Waals surface area contributed by atoms with E-state index in [9.17, 15) is 23.1 Å². The van der Waals surface area contributed by atoms with Crippen molar-refractivity contribution in [3.63, 3.8) is 0 Å². The molecule has 3 aromatic heterocycles. The van der Waals surface area contributed by atoms with Gasteiger partial charge in [0.05, 0.1) is 22.0 Å². The molecule has 0 aliphatic heterocycles. The number of carbonyl (C=O) groups excluding carboxylic acids is 1. The van der Waals surface area contributed by atoms with E-state index in [2.05, 4.69) is 20.2 Å². The molecule has 3 heterocycles. The first-order chi connectivity index (χ1) is 19.8. The van der Waals surface area contributed by atoms with Gasteiger partial charge in [0.25, 0.3) is 0 Å². The first kappa shape index (κ1) is 30.2. The van der Waals surface area contributed by atoms with Crippen molar-refractivity contribution >= 4 is 27.7 Å². The van der Waals surface area contributed by atoms with Gasteiger partial charge in [0.15, 0.2) is 4.87 Å². The second-order valence-electron chi connectivity index (χ2n) is 10.4. The Morgan fingerprint density at radius 3 is 2.29 bits per heavy atom. The minimum atomic E-state index is -4.39. The van der Waals surface area contributed by atoms with Gasteiger partial charge in [-0.3, -0.25) is 14.7 Å². The molecular weight excluding hydrogens is 560 g/mol. The third kappa shape index (κ3) is 6.75. The van der Waals surface area contributed by atoms with E-state index < -0.39 is 38.9 Å². The maximum Gasteiger partial charge on any atom is 0.416 e. The normalized spacial score (nSPS) is 13.1. The number of anilines is 1. The molecule has 1 aromatic carbocycles. The second kappa shape index (κ2) is 12.0. The van der Waals surface area contributed by atoms with Crippen molar-refractivity contribution in [1.82, 2.24) is 20.2 Å². The third-order valence-corrected chi connectivity index (χ3v) is 8.18. The van der Waals surface area contributed by atoms with Crippen molar-refractivity contribution in [2.24, 2.45) is 5.73 Å². The van der Waals surface area contributed by atoms with Crippen LogP contribution in [0.5, 0.6) is 0 Å². The number of benzene rings is 1. The molecule has 42 heavy (non-hydrogen) atoms. The Morgan fingerprint density at radius 2 is 1.69 bits per heavy atom. The van der Waals surface area contributed by atoms with Gasteiger partial charge < -0.3 is 15.6 Å². The second-order valence-corrected chi connectivity index (χ2v) is 12.6. The summed E-state index contributed by atoms with van der Waals surface area (Å²) in [5.74, 6) is -1.49. The summed E-state index contributed by atoms with van der Waals surface area (Å²) in [6, 6.07) is 19.7. The molecular formula is C29H30N6O6S. The Kier molecular flexibility index (Phi) is 8.64. The highest BCUT2D eigenvalue weighted by molar-refractivity contribution is 7.92. The number of aromatic nitrogens is 4. The number of pyridine rings is 2. The van der Waals surface area contributed by atoms with Gasteiger partial charge in [0.2, 0.25) is 9.84 Å². The van der Waals surface area contributed by atoms with Crippen LogP contribution in [0.4, 0.5) is 10.6 Å². The van der Waals surface area contributed by atoms with Crippen molar-refractivity contribution in [2.75, 3.05) is 11.4 Å². The van der Waals surface area contributed by atoms with Gasteiger partial charge in [-0.25, -0.2) is 18.2 Å². The molecule has 0 fully saturated rings. The van der Waals surface area contributed by atoms with Crippen LogP contribution in [0.2, 0.25) is 0 Å². The topological polar surface area (TPSA) is 179 Å². The molecule has 1 atom stereocenters. The number of rotatable bonds is 9. The third-order valence-electron chi connectivity index (χ3n) is 6.01. The summed E-state index contributed by atoms with van der Waals surface area (Å²) in [6.45, 7) is 4.10. The van der Waals surface area contributed by atoms with Crippen LogP contribution in [0.25, 0.3) is 11.3 Å². The summed E-state index contributed by atoms with van der Waals surface area (Å²) in [4.78, 5) is 31.3. The molecule has 0 bridgehead atoms. The number of ether oxygens (including phenoxy) is 1. The largest absolute Gasteiger partial charge is 0.480 e. The zero-order valence-corrected chi connectivity index (χ0v) is 24.0. The van der Waals surface area contributed by atoms with Crippen LogP contribution in [0, 0.1) is 0 Å². The predicted octanol–water partition coefficient (Wildman–Crippen LogP) is 3.59. The lowest BCUT2D eigenvalue weighted by Gasteiger charge is -2.30. The fourth-order valence-electron chi connectivity index (χ4n) is 4.03. The zero-order chi connectivity index (χ0) is 30.5. The number of carboxylic acids is 1. The molecule has 1 unspecified atom stereocenters. The standard InChI is InChI=1S/C29H30N6O6S/c1-28(2,3)41-27(38)35(19-26(36)37)25-13-7-12-24(32-25)29(30,42(39,40)22-11-8-16-31-18-22)17-21-14-15-23(34-33-21)20-9-5-4-6-10-20/h4-16,18H,17,19,30H2,1-3H3,(H,36,37). The number of nitrogens with zero attached hydrogens (tertiary/aromatic N) is 5. The summed E-state index contributed by atoms with van der Waals surface area (Å²) in [7, 11) is -4.39. The van der Waals surface area contributed by atoms with Crippen LogP contribution < -0.4 is 10.6 Å². The van der Waals surface area contributed by atoms with Gasteiger partial charge in [-0.05, 0) is 57.2 Å².